The molecule has 0 saturated heterocycles. The van der Waals surface area contributed by atoms with Crippen molar-refractivity contribution in [3.8, 4) is 5.82 Å². The maximum atomic E-state index is 5.46. The smallest absolute Gasteiger partial charge is 0.155 e. The number of aromatic nitrogens is 4. The van der Waals surface area contributed by atoms with E-state index in [0.29, 0.717) is 6.54 Å². The lowest BCUT2D eigenvalue weighted by Gasteiger charge is -2.00. The summed E-state index contributed by atoms with van der Waals surface area (Å²) in [6.45, 7) is 0.433. The summed E-state index contributed by atoms with van der Waals surface area (Å²) in [5.41, 5.74) is 6.31. The van der Waals surface area contributed by atoms with Crippen LogP contribution in [0, 0.1) is 0 Å². The molecule has 2 heterocycles. The average Bonchev–Trinajstić information content (AvgIpc) is 2.71. The summed E-state index contributed by atoms with van der Waals surface area (Å²) in [7, 11) is 0. The molecule has 2 N–H and O–H groups in total. The van der Waals surface area contributed by atoms with Crippen molar-refractivity contribution < 1.29 is 0 Å². The van der Waals surface area contributed by atoms with Crippen LogP contribution in [-0.4, -0.2) is 20.0 Å². The molecule has 0 fully saturated rings. The number of pyridine rings is 1. The standard InChI is InChI=1S/C8H9N5/c9-6-7-2-1-3-8(11-7)13-5-4-10-12-13/h1-5H,6,9H2. The Hall–Kier alpha value is -1.75. The molecule has 2 rings (SSSR count). The summed E-state index contributed by atoms with van der Waals surface area (Å²) in [5.74, 6) is 0.737. The van der Waals surface area contributed by atoms with E-state index in [2.05, 4.69) is 15.3 Å². The van der Waals surface area contributed by atoms with Gasteiger partial charge in [-0.15, -0.1) is 5.10 Å². The van der Waals surface area contributed by atoms with E-state index >= 15 is 0 Å². The van der Waals surface area contributed by atoms with Crippen LogP contribution in [0.3, 0.4) is 0 Å². The van der Waals surface area contributed by atoms with Crippen LogP contribution in [0.15, 0.2) is 30.6 Å². The summed E-state index contributed by atoms with van der Waals surface area (Å²) in [6.07, 6.45) is 3.35. The van der Waals surface area contributed by atoms with Crippen molar-refractivity contribution >= 4 is 0 Å². The molecule has 0 spiro atoms. The van der Waals surface area contributed by atoms with Crippen molar-refractivity contribution in [2.45, 2.75) is 6.54 Å². The van der Waals surface area contributed by atoms with Gasteiger partial charge in [-0.1, -0.05) is 11.3 Å². The van der Waals surface area contributed by atoms with E-state index in [-0.39, 0.29) is 0 Å². The molecule has 0 amide bonds. The number of hydrogen-bond donors (Lipinski definition) is 1. The van der Waals surface area contributed by atoms with Gasteiger partial charge < -0.3 is 5.73 Å². The molecule has 2 aromatic rings. The summed E-state index contributed by atoms with van der Waals surface area (Å²) in [5, 5.41) is 7.52. The lowest BCUT2D eigenvalue weighted by atomic mass is 10.3. The summed E-state index contributed by atoms with van der Waals surface area (Å²) < 4.78 is 1.60. The highest BCUT2D eigenvalue weighted by Gasteiger charge is 1.98. The fourth-order valence-electron chi connectivity index (χ4n) is 1.04. The molecule has 0 radical (unpaired) electrons. The van der Waals surface area contributed by atoms with Crippen LogP contribution in [0.25, 0.3) is 5.82 Å². The fourth-order valence-corrected chi connectivity index (χ4v) is 1.04. The number of rotatable bonds is 2. The predicted molar refractivity (Wildman–Crippen MR) is 47.0 cm³/mol. The molecule has 13 heavy (non-hydrogen) atoms. The molecule has 2 aromatic heterocycles. The lowest BCUT2D eigenvalue weighted by molar-refractivity contribution is 0.773. The number of hydrogen-bond acceptors (Lipinski definition) is 4. The predicted octanol–water partition coefficient (Wildman–Crippen LogP) is 0.121. The maximum absolute atomic E-state index is 5.46. The molecule has 5 heteroatoms. The van der Waals surface area contributed by atoms with Crippen molar-refractivity contribution in [3.05, 3.63) is 36.3 Å². The molecule has 5 nitrogen and oxygen atoms in total. The van der Waals surface area contributed by atoms with Crippen molar-refractivity contribution in [3.63, 3.8) is 0 Å². The molecule has 0 aliphatic carbocycles. The minimum atomic E-state index is 0.433. The molecular weight excluding hydrogens is 166 g/mol. The second-order valence-corrected chi connectivity index (χ2v) is 2.54. The van der Waals surface area contributed by atoms with Crippen LogP contribution in [0.2, 0.25) is 0 Å². The van der Waals surface area contributed by atoms with E-state index in [9.17, 15) is 0 Å². The third-order valence-corrected chi connectivity index (χ3v) is 1.66. The topological polar surface area (TPSA) is 69.6 Å². The van der Waals surface area contributed by atoms with Crippen LogP contribution < -0.4 is 5.73 Å². The summed E-state index contributed by atoms with van der Waals surface area (Å²) in [4.78, 5) is 4.27. The van der Waals surface area contributed by atoms with Crippen molar-refractivity contribution in [2.75, 3.05) is 0 Å². The number of nitrogens with zero attached hydrogens (tertiary/aromatic N) is 4. The molecule has 0 unspecified atom stereocenters. The molecule has 66 valence electrons. The van der Waals surface area contributed by atoms with E-state index in [1.54, 1.807) is 17.1 Å². The first-order chi connectivity index (χ1) is 6.40. The molecule has 0 aliphatic rings. The van der Waals surface area contributed by atoms with Gasteiger partial charge in [0.05, 0.1) is 18.1 Å². The van der Waals surface area contributed by atoms with Gasteiger partial charge in [0.2, 0.25) is 0 Å². The van der Waals surface area contributed by atoms with Crippen molar-refractivity contribution in [1.29, 1.82) is 0 Å². The van der Waals surface area contributed by atoms with Gasteiger partial charge in [0.25, 0.3) is 0 Å². The first-order valence-corrected chi connectivity index (χ1v) is 3.93. The molecule has 0 atom stereocenters. The summed E-state index contributed by atoms with van der Waals surface area (Å²) >= 11 is 0. The highest BCUT2D eigenvalue weighted by atomic mass is 15.4. The van der Waals surface area contributed by atoms with Gasteiger partial charge in [-0.05, 0) is 12.1 Å². The summed E-state index contributed by atoms with van der Waals surface area (Å²) in [6, 6.07) is 5.63. The quantitative estimate of drug-likeness (QED) is 0.703. The highest BCUT2D eigenvalue weighted by molar-refractivity contribution is 5.22. The monoisotopic (exact) mass is 175 g/mol. The Morgan fingerprint density at radius 1 is 1.38 bits per heavy atom. The Bertz CT molecular complexity index is 381. The Balaban J connectivity index is 2.41. The van der Waals surface area contributed by atoms with E-state index < -0.39 is 0 Å². The van der Waals surface area contributed by atoms with Gasteiger partial charge in [0.15, 0.2) is 5.82 Å². The van der Waals surface area contributed by atoms with Gasteiger partial charge in [-0.3, -0.25) is 0 Å². The Labute approximate surface area is 75.2 Å². The molecule has 0 saturated carbocycles. The minimum absolute atomic E-state index is 0.433. The van der Waals surface area contributed by atoms with Crippen LogP contribution in [0.5, 0.6) is 0 Å². The van der Waals surface area contributed by atoms with E-state index in [4.69, 9.17) is 5.73 Å². The first kappa shape index (κ1) is 7.88. The van der Waals surface area contributed by atoms with Gasteiger partial charge in [-0.25, -0.2) is 9.67 Å². The van der Waals surface area contributed by atoms with E-state index in [1.165, 1.54) is 0 Å². The SMILES string of the molecule is NCc1cccc(-n2ccnn2)n1. The van der Waals surface area contributed by atoms with Gasteiger partial charge in [0.1, 0.15) is 0 Å². The zero-order valence-electron chi connectivity index (χ0n) is 6.96. The molecule has 0 aliphatic heterocycles. The molecule has 0 bridgehead atoms. The minimum Gasteiger partial charge on any atom is -0.325 e. The Morgan fingerprint density at radius 3 is 3.00 bits per heavy atom. The second kappa shape index (κ2) is 3.32. The molecular formula is C8H9N5. The van der Waals surface area contributed by atoms with Crippen LogP contribution in [0.1, 0.15) is 5.69 Å². The zero-order chi connectivity index (χ0) is 9.10. The third-order valence-electron chi connectivity index (χ3n) is 1.66. The van der Waals surface area contributed by atoms with E-state index in [0.717, 1.165) is 11.5 Å². The largest absolute Gasteiger partial charge is 0.325 e. The normalized spacial score (nSPS) is 10.2. The van der Waals surface area contributed by atoms with Crippen LogP contribution in [-0.2, 0) is 6.54 Å². The van der Waals surface area contributed by atoms with Gasteiger partial charge >= 0.3 is 0 Å². The maximum Gasteiger partial charge on any atom is 0.155 e. The Morgan fingerprint density at radius 2 is 2.31 bits per heavy atom. The second-order valence-electron chi connectivity index (χ2n) is 2.54. The van der Waals surface area contributed by atoms with E-state index in [1.807, 2.05) is 18.2 Å². The lowest BCUT2D eigenvalue weighted by Crippen LogP contribution is -2.04. The number of nitrogens with two attached hydrogens (primary N) is 1. The van der Waals surface area contributed by atoms with Crippen molar-refractivity contribution in [1.82, 2.24) is 20.0 Å². The third kappa shape index (κ3) is 1.54. The first-order valence-electron chi connectivity index (χ1n) is 3.93. The molecule has 0 aromatic carbocycles. The van der Waals surface area contributed by atoms with Gasteiger partial charge in [0, 0.05) is 6.54 Å². The van der Waals surface area contributed by atoms with Crippen molar-refractivity contribution in [2.24, 2.45) is 5.73 Å². The van der Waals surface area contributed by atoms with Crippen LogP contribution >= 0.6 is 0 Å². The Kier molecular flexibility index (Phi) is 2.01. The van der Waals surface area contributed by atoms with Gasteiger partial charge in [-0.2, -0.15) is 0 Å². The highest BCUT2D eigenvalue weighted by Crippen LogP contribution is 2.02. The van der Waals surface area contributed by atoms with Crippen LogP contribution in [0.4, 0.5) is 0 Å². The average molecular weight is 175 g/mol. The zero-order valence-corrected chi connectivity index (χ0v) is 6.96. The fraction of sp³-hybridized carbons (Fsp3) is 0.125.